The second-order valence-corrected chi connectivity index (χ2v) is 9.27. The lowest BCUT2D eigenvalue weighted by molar-refractivity contribution is -0.0666. The fraction of sp³-hybridized carbons (Fsp3) is 0.800. The van der Waals surface area contributed by atoms with Crippen LogP contribution in [0.3, 0.4) is 0 Å². The molecule has 0 amide bonds. The predicted molar refractivity (Wildman–Crippen MR) is 79.0 cm³/mol. The third-order valence-corrected chi connectivity index (χ3v) is 7.63. The summed E-state index contributed by atoms with van der Waals surface area (Å²) >= 11 is 0. The third kappa shape index (κ3) is 2.23. The molecule has 1 heterocycles. The van der Waals surface area contributed by atoms with Crippen LogP contribution in [0.1, 0.15) is 45.4 Å². The van der Waals surface area contributed by atoms with Gasteiger partial charge in [-0.25, -0.2) is 13.1 Å². The molecule has 5 rings (SSSR count). The van der Waals surface area contributed by atoms with Gasteiger partial charge in [0.15, 0.2) is 0 Å². The standard InChI is InChI=1S/C15H23N3O2S/c1-10(18-21(19,20)14-8-16-17-9-14)15-5-11-2-12(6-15)4-13(3-11)7-15/h8-13,18H,2-7H2,1H3,(H,16,17). The lowest BCUT2D eigenvalue weighted by atomic mass is 9.48. The average Bonchev–Trinajstić information content (AvgIpc) is 2.90. The Hall–Kier alpha value is -0.880. The van der Waals surface area contributed by atoms with Gasteiger partial charge in [0.25, 0.3) is 0 Å². The molecule has 0 aromatic carbocycles. The zero-order valence-electron chi connectivity index (χ0n) is 12.4. The summed E-state index contributed by atoms with van der Waals surface area (Å²) in [6.45, 7) is 2.06. The Kier molecular flexibility index (Phi) is 2.99. The van der Waals surface area contributed by atoms with Gasteiger partial charge in [-0.05, 0) is 68.6 Å². The van der Waals surface area contributed by atoms with Crippen LogP contribution in [0.2, 0.25) is 0 Å². The minimum Gasteiger partial charge on any atom is -0.284 e. The molecule has 1 unspecified atom stereocenters. The Morgan fingerprint density at radius 3 is 2.29 bits per heavy atom. The minimum absolute atomic E-state index is 0.00537. The molecule has 1 atom stereocenters. The molecule has 0 radical (unpaired) electrons. The summed E-state index contributed by atoms with van der Waals surface area (Å²) in [5.41, 5.74) is 0.186. The van der Waals surface area contributed by atoms with E-state index in [0.29, 0.717) is 0 Å². The number of sulfonamides is 1. The van der Waals surface area contributed by atoms with Gasteiger partial charge in [-0.2, -0.15) is 5.10 Å². The van der Waals surface area contributed by atoms with Gasteiger partial charge in [-0.15, -0.1) is 0 Å². The SMILES string of the molecule is CC(NS(=O)(=O)c1cn[nH]c1)C12CC3CC(CC(C3)C1)C2. The molecule has 4 aliphatic rings. The van der Waals surface area contributed by atoms with Gasteiger partial charge >= 0.3 is 0 Å². The number of H-pyrrole nitrogens is 1. The van der Waals surface area contributed by atoms with Crippen LogP contribution in [0.15, 0.2) is 17.3 Å². The van der Waals surface area contributed by atoms with Crippen molar-refractivity contribution in [3.63, 3.8) is 0 Å². The molecule has 0 saturated heterocycles. The van der Waals surface area contributed by atoms with Crippen molar-refractivity contribution >= 4 is 10.0 Å². The van der Waals surface area contributed by atoms with Gasteiger partial charge in [-0.3, -0.25) is 5.10 Å². The van der Waals surface area contributed by atoms with Gasteiger partial charge in [0.1, 0.15) is 4.90 Å². The summed E-state index contributed by atoms with van der Waals surface area (Å²) in [5, 5.41) is 6.32. The zero-order valence-corrected chi connectivity index (χ0v) is 13.2. The minimum atomic E-state index is -3.45. The Morgan fingerprint density at radius 2 is 1.81 bits per heavy atom. The highest BCUT2D eigenvalue weighted by Gasteiger charge is 2.53. The molecule has 4 saturated carbocycles. The fourth-order valence-electron chi connectivity index (χ4n) is 5.52. The molecule has 4 fully saturated rings. The monoisotopic (exact) mass is 309 g/mol. The van der Waals surface area contributed by atoms with Gasteiger partial charge in [0, 0.05) is 12.2 Å². The smallest absolute Gasteiger partial charge is 0.243 e. The molecule has 4 bridgehead atoms. The maximum Gasteiger partial charge on any atom is 0.243 e. The predicted octanol–water partition coefficient (Wildman–Crippen LogP) is 2.29. The highest BCUT2D eigenvalue weighted by Crippen LogP contribution is 2.61. The molecule has 0 spiro atoms. The topological polar surface area (TPSA) is 74.8 Å². The summed E-state index contributed by atoms with van der Waals surface area (Å²) in [6.07, 6.45) is 10.5. The fourth-order valence-corrected chi connectivity index (χ4v) is 6.77. The van der Waals surface area contributed by atoms with Crippen LogP contribution in [0.25, 0.3) is 0 Å². The van der Waals surface area contributed by atoms with Crippen molar-refractivity contribution in [2.24, 2.45) is 23.2 Å². The molecule has 1 aromatic rings. The summed E-state index contributed by atoms with van der Waals surface area (Å²) in [6, 6.07) is 0.00537. The number of rotatable bonds is 4. The Balaban J connectivity index is 1.56. The average molecular weight is 309 g/mol. The molecule has 6 heteroatoms. The molecule has 4 aliphatic carbocycles. The van der Waals surface area contributed by atoms with Crippen molar-refractivity contribution in [3.05, 3.63) is 12.4 Å². The van der Waals surface area contributed by atoms with E-state index >= 15 is 0 Å². The Bertz CT molecular complexity index is 588. The number of nitrogens with zero attached hydrogens (tertiary/aromatic N) is 1. The maximum absolute atomic E-state index is 12.4. The van der Waals surface area contributed by atoms with Crippen molar-refractivity contribution in [1.82, 2.24) is 14.9 Å². The van der Waals surface area contributed by atoms with Crippen LogP contribution >= 0.6 is 0 Å². The van der Waals surface area contributed by atoms with Gasteiger partial charge in [0.2, 0.25) is 10.0 Å². The number of aromatic amines is 1. The molecular weight excluding hydrogens is 286 g/mol. The van der Waals surface area contributed by atoms with Gasteiger partial charge in [-0.1, -0.05) is 0 Å². The summed E-state index contributed by atoms with van der Waals surface area (Å²) in [5.74, 6) is 2.49. The lowest BCUT2D eigenvalue weighted by Crippen LogP contribution is -2.55. The summed E-state index contributed by atoms with van der Waals surface area (Å²) < 4.78 is 27.8. The molecule has 5 nitrogen and oxygen atoms in total. The van der Waals surface area contributed by atoms with E-state index in [9.17, 15) is 8.42 Å². The van der Waals surface area contributed by atoms with E-state index < -0.39 is 10.0 Å². The number of aromatic nitrogens is 2. The third-order valence-electron chi connectivity index (χ3n) is 6.12. The Morgan fingerprint density at radius 1 is 1.24 bits per heavy atom. The van der Waals surface area contributed by atoms with E-state index in [1.54, 1.807) is 0 Å². The van der Waals surface area contributed by atoms with Crippen molar-refractivity contribution in [2.45, 2.75) is 56.4 Å². The first-order chi connectivity index (χ1) is 9.97. The van der Waals surface area contributed by atoms with Crippen LogP contribution in [0.5, 0.6) is 0 Å². The normalized spacial score (nSPS) is 39.6. The van der Waals surface area contributed by atoms with Crippen molar-refractivity contribution < 1.29 is 8.42 Å². The van der Waals surface area contributed by atoms with Crippen molar-refractivity contribution in [2.75, 3.05) is 0 Å². The quantitative estimate of drug-likeness (QED) is 0.896. The van der Waals surface area contributed by atoms with Gasteiger partial charge in [0.05, 0.1) is 6.20 Å². The number of nitrogens with one attached hydrogen (secondary N) is 2. The second kappa shape index (κ2) is 4.56. The molecule has 21 heavy (non-hydrogen) atoms. The molecule has 2 N–H and O–H groups in total. The van der Waals surface area contributed by atoms with E-state index in [1.165, 1.54) is 50.9 Å². The highest BCUT2D eigenvalue weighted by molar-refractivity contribution is 7.89. The van der Waals surface area contributed by atoms with Crippen LogP contribution < -0.4 is 4.72 Å². The van der Waals surface area contributed by atoms with E-state index in [1.807, 2.05) is 0 Å². The highest BCUT2D eigenvalue weighted by atomic mass is 32.2. The number of hydrogen-bond acceptors (Lipinski definition) is 3. The lowest BCUT2D eigenvalue weighted by Gasteiger charge is -2.59. The van der Waals surface area contributed by atoms with Gasteiger partial charge < -0.3 is 0 Å². The van der Waals surface area contributed by atoms with E-state index in [4.69, 9.17) is 0 Å². The summed E-state index contributed by atoms with van der Waals surface area (Å²) in [4.78, 5) is 0.235. The zero-order chi connectivity index (χ0) is 14.7. The van der Waals surface area contributed by atoms with E-state index in [2.05, 4.69) is 21.8 Å². The number of hydrogen-bond donors (Lipinski definition) is 2. The summed E-state index contributed by atoms with van der Waals surface area (Å²) in [7, 11) is -3.45. The van der Waals surface area contributed by atoms with Crippen molar-refractivity contribution in [1.29, 1.82) is 0 Å². The van der Waals surface area contributed by atoms with E-state index in [0.717, 1.165) is 17.8 Å². The molecule has 1 aromatic heterocycles. The first kappa shape index (κ1) is 13.8. The molecular formula is C15H23N3O2S. The maximum atomic E-state index is 12.4. The van der Waals surface area contributed by atoms with E-state index in [-0.39, 0.29) is 16.4 Å². The van der Waals surface area contributed by atoms with Crippen molar-refractivity contribution in [3.8, 4) is 0 Å². The molecule has 116 valence electrons. The second-order valence-electron chi connectivity index (χ2n) is 7.56. The van der Waals surface area contributed by atoms with Crippen LogP contribution in [-0.2, 0) is 10.0 Å². The first-order valence-corrected chi connectivity index (χ1v) is 9.46. The van der Waals surface area contributed by atoms with Crippen LogP contribution in [-0.4, -0.2) is 24.7 Å². The first-order valence-electron chi connectivity index (χ1n) is 7.98. The van der Waals surface area contributed by atoms with Crippen LogP contribution in [0, 0.1) is 23.2 Å². The molecule has 0 aliphatic heterocycles. The largest absolute Gasteiger partial charge is 0.284 e. The van der Waals surface area contributed by atoms with Crippen LogP contribution in [0.4, 0.5) is 0 Å². The Labute approximate surface area is 126 Å².